The summed E-state index contributed by atoms with van der Waals surface area (Å²) in [6, 6.07) is 16.7. The van der Waals surface area contributed by atoms with Gasteiger partial charge < -0.3 is 9.84 Å². The molecule has 0 fully saturated rings. The van der Waals surface area contributed by atoms with Gasteiger partial charge in [-0.2, -0.15) is 5.26 Å². The van der Waals surface area contributed by atoms with Crippen LogP contribution in [0.2, 0.25) is 0 Å². The topological polar surface area (TPSA) is 90.6 Å². The Bertz CT molecular complexity index is 996. The number of nitriles is 1. The van der Waals surface area contributed by atoms with Crippen molar-refractivity contribution in [2.45, 2.75) is 38.8 Å². The molecule has 148 valence electrons. The molecule has 6 nitrogen and oxygen atoms in total. The zero-order chi connectivity index (χ0) is 21.2. The Morgan fingerprint density at radius 2 is 1.76 bits per heavy atom. The fourth-order valence-electron chi connectivity index (χ4n) is 3.19. The number of amides is 2. The van der Waals surface area contributed by atoms with Crippen LogP contribution in [0.3, 0.4) is 0 Å². The molecule has 1 aliphatic heterocycles. The second-order valence-corrected chi connectivity index (χ2v) is 7.81. The van der Waals surface area contributed by atoms with Gasteiger partial charge in [0.2, 0.25) is 0 Å². The summed E-state index contributed by atoms with van der Waals surface area (Å²) in [5.74, 6) is -0.809. The average molecular weight is 390 g/mol. The molecular weight excluding hydrogens is 368 g/mol. The minimum atomic E-state index is -0.870. The lowest BCUT2D eigenvalue weighted by molar-refractivity contribution is -0.124. The number of hydrogen-bond acceptors (Lipinski definition) is 5. The fourth-order valence-corrected chi connectivity index (χ4v) is 3.19. The summed E-state index contributed by atoms with van der Waals surface area (Å²) in [4.78, 5) is 26.9. The molecule has 2 aromatic carbocycles. The molecule has 1 atom stereocenters. The predicted molar refractivity (Wildman–Crippen MR) is 108 cm³/mol. The van der Waals surface area contributed by atoms with Crippen LogP contribution in [-0.4, -0.2) is 33.6 Å². The summed E-state index contributed by atoms with van der Waals surface area (Å²) in [6.45, 7) is 5.14. The zero-order valence-corrected chi connectivity index (χ0v) is 16.5. The van der Waals surface area contributed by atoms with E-state index in [1.54, 1.807) is 45.0 Å². The smallest absolute Gasteiger partial charge is 0.418 e. The summed E-state index contributed by atoms with van der Waals surface area (Å²) < 4.78 is 5.41. The number of aliphatic hydroxyl groups is 1. The molecule has 29 heavy (non-hydrogen) atoms. The van der Waals surface area contributed by atoms with Gasteiger partial charge in [0.15, 0.2) is 0 Å². The van der Waals surface area contributed by atoms with E-state index in [9.17, 15) is 14.7 Å². The van der Waals surface area contributed by atoms with E-state index in [-0.39, 0.29) is 17.8 Å². The van der Waals surface area contributed by atoms with Gasteiger partial charge >= 0.3 is 6.09 Å². The highest BCUT2D eigenvalue weighted by atomic mass is 16.6. The van der Waals surface area contributed by atoms with Crippen LogP contribution in [0, 0.1) is 11.3 Å². The maximum absolute atomic E-state index is 13.1. The maximum Gasteiger partial charge on any atom is 0.418 e. The monoisotopic (exact) mass is 390 g/mol. The lowest BCUT2D eigenvalue weighted by atomic mass is 10.0. The van der Waals surface area contributed by atoms with Crippen molar-refractivity contribution in [3.8, 4) is 6.07 Å². The largest absolute Gasteiger partial charge is 0.509 e. The summed E-state index contributed by atoms with van der Waals surface area (Å²) in [5, 5.41) is 19.9. The second kappa shape index (κ2) is 7.80. The Hall–Kier alpha value is -3.59. The summed E-state index contributed by atoms with van der Waals surface area (Å²) in [7, 11) is 0. The van der Waals surface area contributed by atoms with E-state index in [1.807, 2.05) is 36.4 Å². The summed E-state index contributed by atoms with van der Waals surface area (Å²) in [6.07, 6.45) is -0.545. The molecule has 0 spiro atoms. The van der Waals surface area contributed by atoms with Crippen molar-refractivity contribution in [1.29, 1.82) is 5.26 Å². The molecular formula is C23H22N2O4. The van der Waals surface area contributed by atoms with Gasteiger partial charge in [0, 0.05) is 6.42 Å². The van der Waals surface area contributed by atoms with E-state index in [2.05, 4.69) is 0 Å². The number of carbonyl (C=O) groups excluding carboxylic acids is 2. The third-order valence-corrected chi connectivity index (χ3v) is 4.48. The molecule has 0 saturated carbocycles. The van der Waals surface area contributed by atoms with Crippen LogP contribution in [-0.2, 0) is 16.0 Å². The first-order chi connectivity index (χ1) is 13.7. The number of aliphatic hydroxyl groups excluding tert-OH is 1. The number of benzene rings is 2. The molecule has 1 N–H and O–H groups in total. The fraction of sp³-hybridized carbons (Fsp3) is 0.261. The van der Waals surface area contributed by atoms with Gasteiger partial charge in [-0.3, -0.25) is 4.79 Å². The first-order valence-corrected chi connectivity index (χ1v) is 9.25. The van der Waals surface area contributed by atoms with Crippen molar-refractivity contribution in [2.75, 3.05) is 0 Å². The predicted octanol–water partition coefficient (Wildman–Crippen LogP) is 4.22. The molecule has 0 aliphatic carbocycles. The van der Waals surface area contributed by atoms with Crippen LogP contribution in [0.4, 0.5) is 4.79 Å². The highest BCUT2D eigenvalue weighted by Gasteiger charge is 2.45. The van der Waals surface area contributed by atoms with Crippen molar-refractivity contribution in [2.24, 2.45) is 0 Å². The molecule has 2 aromatic rings. The third-order valence-electron chi connectivity index (χ3n) is 4.48. The Kier molecular flexibility index (Phi) is 5.42. The Labute approximate surface area is 169 Å². The minimum absolute atomic E-state index is 0.0429. The van der Waals surface area contributed by atoms with Crippen LogP contribution in [0.5, 0.6) is 0 Å². The van der Waals surface area contributed by atoms with Crippen LogP contribution >= 0.6 is 0 Å². The van der Waals surface area contributed by atoms with Crippen molar-refractivity contribution in [3.63, 3.8) is 0 Å². The minimum Gasteiger partial charge on any atom is -0.509 e. The van der Waals surface area contributed by atoms with Gasteiger partial charge in [0.05, 0.1) is 17.2 Å². The molecule has 6 heteroatoms. The number of hydrogen-bond donors (Lipinski definition) is 1. The van der Waals surface area contributed by atoms with E-state index in [0.717, 1.165) is 10.5 Å². The molecule has 2 amide bonds. The number of rotatable bonds is 3. The van der Waals surface area contributed by atoms with Crippen LogP contribution in [0.1, 0.15) is 37.5 Å². The van der Waals surface area contributed by atoms with E-state index in [0.29, 0.717) is 11.1 Å². The molecule has 3 rings (SSSR count). The SMILES string of the molecule is CC(C)(C)OC(=O)N1C(=O)C(c2ccc(C#N)cc2)=C(O)[C@@H]1Cc1ccccc1. The number of imide groups is 1. The molecule has 0 aromatic heterocycles. The lowest BCUT2D eigenvalue weighted by Crippen LogP contribution is -2.44. The molecule has 1 heterocycles. The maximum atomic E-state index is 13.1. The average Bonchev–Trinajstić information content (AvgIpc) is 2.91. The Morgan fingerprint density at radius 3 is 2.31 bits per heavy atom. The molecule has 0 saturated heterocycles. The first-order valence-electron chi connectivity index (χ1n) is 9.25. The van der Waals surface area contributed by atoms with Crippen molar-refractivity contribution in [3.05, 3.63) is 77.0 Å². The van der Waals surface area contributed by atoms with Crippen LogP contribution in [0.15, 0.2) is 60.4 Å². The van der Waals surface area contributed by atoms with Gasteiger partial charge in [-0.1, -0.05) is 42.5 Å². The van der Waals surface area contributed by atoms with Crippen molar-refractivity contribution >= 4 is 17.6 Å². The highest BCUT2D eigenvalue weighted by molar-refractivity contribution is 6.26. The normalized spacial score (nSPS) is 16.7. The van der Waals surface area contributed by atoms with E-state index < -0.39 is 23.6 Å². The highest BCUT2D eigenvalue weighted by Crippen LogP contribution is 2.34. The number of ether oxygens (including phenoxy) is 1. The standard InChI is InChI=1S/C23H22N2O4/c1-23(2,3)29-22(28)25-18(13-15-7-5-4-6-8-15)20(26)19(21(25)27)17-11-9-16(14-24)10-12-17/h4-12,18,26H,13H2,1-3H3/t18-/m0/s1. The van der Waals surface area contributed by atoms with Crippen molar-refractivity contribution in [1.82, 2.24) is 4.90 Å². The van der Waals surface area contributed by atoms with Gasteiger partial charge in [-0.15, -0.1) is 0 Å². The van der Waals surface area contributed by atoms with E-state index >= 15 is 0 Å². The number of carbonyl (C=O) groups is 2. The molecule has 1 aliphatic rings. The lowest BCUT2D eigenvalue weighted by Gasteiger charge is -2.27. The Balaban J connectivity index is 2.02. The second-order valence-electron chi connectivity index (χ2n) is 7.81. The molecule has 0 unspecified atom stereocenters. The van der Waals surface area contributed by atoms with E-state index in [1.165, 1.54) is 0 Å². The van der Waals surface area contributed by atoms with Gasteiger partial charge in [0.1, 0.15) is 17.4 Å². The van der Waals surface area contributed by atoms with Crippen LogP contribution < -0.4 is 0 Å². The Morgan fingerprint density at radius 1 is 1.14 bits per heavy atom. The van der Waals surface area contributed by atoms with Crippen LogP contribution in [0.25, 0.3) is 5.57 Å². The third kappa shape index (κ3) is 4.30. The van der Waals surface area contributed by atoms with Crippen molar-refractivity contribution < 1.29 is 19.4 Å². The zero-order valence-electron chi connectivity index (χ0n) is 16.5. The van der Waals surface area contributed by atoms with Gasteiger partial charge in [-0.05, 0) is 44.0 Å². The quantitative estimate of drug-likeness (QED) is 0.847. The van der Waals surface area contributed by atoms with E-state index in [4.69, 9.17) is 10.00 Å². The number of nitrogens with zero attached hydrogens (tertiary/aromatic N) is 2. The molecule has 0 radical (unpaired) electrons. The first kappa shape index (κ1) is 20.2. The summed E-state index contributed by atoms with van der Waals surface area (Å²) in [5.41, 5.74) is 0.995. The van der Waals surface area contributed by atoms with Gasteiger partial charge in [0.25, 0.3) is 5.91 Å². The van der Waals surface area contributed by atoms with Gasteiger partial charge in [-0.25, -0.2) is 9.69 Å². The summed E-state index contributed by atoms with van der Waals surface area (Å²) >= 11 is 0. The molecule has 0 bridgehead atoms.